The first-order valence-electron chi connectivity index (χ1n) is 8.39. The average molecular weight is 354 g/mol. The Balaban J connectivity index is 2.57. The summed E-state index contributed by atoms with van der Waals surface area (Å²) in [5.41, 5.74) is 1.37. The molecule has 0 bridgehead atoms. The van der Waals surface area contributed by atoms with Gasteiger partial charge in [-0.1, -0.05) is 13.3 Å². The average Bonchev–Trinajstić information content (AvgIpc) is 2.65. The lowest BCUT2D eigenvalue weighted by atomic mass is 9.93. The summed E-state index contributed by atoms with van der Waals surface area (Å²) < 4.78 is 10.5. The van der Waals surface area contributed by atoms with E-state index in [4.69, 9.17) is 9.47 Å². The van der Waals surface area contributed by atoms with E-state index in [0.717, 1.165) is 11.3 Å². The molecule has 1 aromatic carbocycles. The third-order valence-corrected chi connectivity index (χ3v) is 4.30. The van der Waals surface area contributed by atoms with Crippen molar-refractivity contribution < 1.29 is 19.1 Å². The first kappa shape index (κ1) is 19.3. The predicted molar refractivity (Wildman–Crippen MR) is 97.5 cm³/mol. The minimum atomic E-state index is -0.526. The maximum absolute atomic E-state index is 12.9. The second-order valence-corrected chi connectivity index (χ2v) is 5.89. The molecule has 6 heteroatoms. The predicted octanol–water partition coefficient (Wildman–Crippen LogP) is 3.10. The van der Waals surface area contributed by atoms with Gasteiger partial charge in [-0.2, -0.15) is 5.26 Å². The van der Waals surface area contributed by atoms with Crippen LogP contribution >= 0.6 is 0 Å². The van der Waals surface area contributed by atoms with E-state index in [9.17, 15) is 14.9 Å². The lowest BCUT2D eigenvalue weighted by Crippen LogP contribution is -2.43. The Morgan fingerprint density at radius 2 is 1.92 bits per heavy atom. The van der Waals surface area contributed by atoms with Gasteiger partial charge in [-0.05, 0) is 37.1 Å². The van der Waals surface area contributed by atoms with Crippen LogP contribution in [-0.2, 0) is 9.59 Å². The molecule has 0 radical (unpaired) electrons. The summed E-state index contributed by atoms with van der Waals surface area (Å²) in [6.07, 6.45) is 3.18. The number of benzene rings is 1. The number of methoxy groups -OCH3 is 2. The largest absolute Gasteiger partial charge is 0.497 e. The fourth-order valence-corrected chi connectivity index (χ4v) is 2.74. The van der Waals surface area contributed by atoms with Crippen LogP contribution in [0.4, 0.5) is 0 Å². The molecule has 6 nitrogen and oxygen atoms in total. The number of nitrogens with zero attached hydrogens (tertiary/aromatic N) is 2. The molecule has 1 aromatic rings. The number of carbonyl (C=O) groups excluding carboxylic acids is 2. The van der Waals surface area contributed by atoms with Crippen molar-refractivity contribution in [3.05, 3.63) is 40.5 Å². The Labute approximate surface area is 153 Å². The van der Waals surface area contributed by atoms with E-state index >= 15 is 0 Å². The fourth-order valence-electron chi connectivity index (χ4n) is 2.74. The zero-order valence-corrected chi connectivity index (χ0v) is 15.5. The van der Waals surface area contributed by atoms with Crippen molar-refractivity contribution in [3.8, 4) is 17.6 Å². The monoisotopic (exact) mass is 354 g/mol. The van der Waals surface area contributed by atoms with Crippen LogP contribution in [-0.4, -0.2) is 37.5 Å². The highest BCUT2D eigenvalue weighted by molar-refractivity contribution is 6.19. The highest BCUT2D eigenvalue weighted by Gasteiger charge is 2.35. The van der Waals surface area contributed by atoms with Crippen LogP contribution < -0.4 is 9.47 Å². The normalized spacial score (nSPS) is 16.1. The van der Waals surface area contributed by atoms with Gasteiger partial charge >= 0.3 is 0 Å². The lowest BCUT2D eigenvalue weighted by Gasteiger charge is -2.27. The molecule has 0 fully saturated rings. The maximum atomic E-state index is 12.9. The summed E-state index contributed by atoms with van der Waals surface area (Å²) in [6.45, 7) is 3.89. The minimum absolute atomic E-state index is 0.000526. The SMILES string of the molecule is CCCCN1C(=O)C(C#N)=C(C)/C(=C\c2ccc(OC)cc2OC)C1=O. The van der Waals surface area contributed by atoms with Gasteiger partial charge in [0.05, 0.1) is 14.2 Å². The van der Waals surface area contributed by atoms with Crippen molar-refractivity contribution in [3.63, 3.8) is 0 Å². The number of rotatable bonds is 6. The maximum Gasteiger partial charge on any atom is 0.271 e. The van der Waals surface area contributed by atoms with Gasteiger partial charge in [0, 0.05) is 23.7 Å². The third kappa shape index (κ3) is 3.62. The number of carbonyl (C=O) groups is 2. The molecule has 2 rings (SSSR count). The minimum Gasteiger partial charge on any atom is -0.497 e. The van der Waals surface area contributed by atoms with Crippen LogP contribution in [0.3, 0.4) is 0 Å². The van der Waals surface area contributed by atoms with Gasteiger partial charge in [-0.3, -0.25) is 14.5 Å². The quantitative estimate of drug-likeness (QED) is 0.579. The highest BCUT2D eigenvalue weighted by Crippen LogP contribution is 2.31. The molecule has 0 saturated carbocycles. The van der Waals surface area contributed by atoms with E-state index in [1.54, 1.807) is 38.3 Å². The third-order valence-electron chi connectivity index (χ3n) is 4.30. The number of nitriles is 1. The second kappa shape index (κ2) is 8.34. The number of hydrogen-bond acceptors (Lipinski definition) is 5. The lowest BCUT2D eigenvalue weighted by molar-refractivity contribution is -0.140. The standard InChI is InChI=1S/C20H22N2O4/c1-5-6-9-22-19(23)16(13(2)17(12-21)20(22)24)10-14-7-8-15(25-3)11-18(14)26-4/h7-8,10-11H,5-6,9H2,1-4H3/b16-10+. The molecular formula is C20H22N2O4. The summed E-state index contributed by atoms with van der Waals surface area (Å²) in [7, 11) is 3.08. The summed E-state index contributed by atoms with van der Waals surface area (Å²) in [6, 6.07) is 7.17. The van der Waals surface area contributed by atoms with Crippen LogP contribution in [0.25, 0.3) is 6.08 Å². The molecule has 136 valence electrons. The molecule has 1 heterocycles. The fraction of sp³-hybridized carbons (Fsp3) is 0.350. The molecule has 1 aliphatic heterocycles. The Hall–Kier alpha value is -3.07. The van der Waals surface area contributed by atoms with Crippen LogP contribution in [0.1, 0.15) is 32.3 Å². The second-order valence-electron chi connectivity index (χ2n) is 5.89. The van der Waals surface area contributed by atoms with Gasteiger partial charge in [0.25, 0.3) is 11.8 Å². The number of hydrogen-bond donors (Lipinski definition) is 0. The molecule has 0 spiro atoms. The van der Waals surface area contributed by atoms with Crippen molar-refractivity contribution in [2.24, 2.45) is 0 Å². The molecule has 0 saturated heterocycles. The molecule has 0 aliphatic carbocycles. The van der Waals surface area contributed by atoms with E-state index in [2.05, 4.69) is 0 Å². The highest BCUT2D eigenvalue weighted by atomic mass is 16.5. The van der Waals surface area contributed by atoms with Gasteiger partial charge in [0.15, 0.2) is 0 Å². The summed E-state index contributed by atoms with van der Waals surface area (Å²) >= 11 is 0. The summed E-state index contributed by atoms with van der Waals surface area (Å²) in [4.78, 5) is 26.5. The molecule has 26 heavy (non-hydrogen) atoms. The molecule has 0 N–H and O–H groups in total. The van der Waals surface area contributed by atoms with Crippen molar-refractivity contribution in [1.29, 1.82) is 5.26 Å². The zero-order chi connectivity index (χ0) is 19.3. The summed E-state index contributed by atoms with van der Waals surface area (Å²) in [5.74, 6) is 0.247. The van der Waals surface area contributed by atoms with E-state index < -0.39 is 11.8 Å². The van der Waals surface area contributed by atoms with E-state index in [-0.39, 0.29) is 5.57 Å². The Morgan fingerprint density at radius 3 is 2.50 bits per heavy atom. The summed E-state index contributed by atoms with van der Waals surface area (Å²) in [5, 5.41) is 9.38. The van der Waals surface area contributed by atoms with Crippen LogP contribution in [0, 0.1) is 11.3 Å². The van der Waals surface area contributed by atoms with Crippen LogP contribution in [0.2, 0.25) is 0 Å². The molecular weight excluding hydrogens is 332 g/mol. The van der Waals surface area contributed by atoms with Gasteiger partial charge in [-0.15, -0.1) is 0 Å². The van der Waals surface area contributed by atoms with Crippen molar-refractivity contribution in [2.45, 2.75) is 26.7 Å². The Kier molecular flexibility index (Phi) is 6.18. The van der Waals surface area contributed by atoms with Crippen molar-refractivity contribution in [1.82, 2.24) is 4.90 Å². The molecule has 0 aromatic heterocycles. The molecule has 1 aliphatic rings. The van der Waals surface area contributed by atoms with E-state index in [1.165, 1.54) is 7.11 Å². The number of ether oxygens (including phenoxy) is 2. The van der Waals surface area contributed by atoms with Gasteiger partial charge in [-0.25, -0.2) is 0 Å². The van der Waals surface area contributed by atoms with E-state index in [0.29, 0.717) is 41.2 Å². The van der Waals surface area contributed by atoms with Crippen LogP contribution in [0.5, 0.6) is 11.5 Å². The Bertz CT molecular complexity index is 831. The van der Waals surface area contributed by atoms with Gasteiger partial charge in [0.2, 0.25) is 0 Å². The smallest absolute Gasteiger partial charge is 0.271 e. The number of imide groups is 1. The number of amides is 2. The van der Waals surface area contributed by atoms with Gasteiger partial charge < -0.3 is 9.47 Å². The van der Waals surface area contributed by atoms with Crippen molar-refractivity contribution >= 4 is 17.9 Å². The van der Waals surface area contributed by atoms with Crippen molar-refractivity contribution in [2.75, 3.05) is 20.8 Å². The molecule has 2 amide bonds. The van der Waals surface area contributed by atoms with Crippen LogP contribution in [0.15, 0.2) is 34.9 Å². The Morgan fingerprint density at radius 1 is 1.19 bits per heavy atom. The zero-order valence-electron chi connectivity index (χ0n) is 15.5. The molecule has 0 unspecified atom stereocenters. The van der Waals surface area contributed by atoms with E-state index in [1.807, 2.05) is 13.0 Å². The first-order chi connectivity index (χ1) is 12.5. The van der Waals surface area contributed by atoms with Gasteiger partial charge in [0.1, 0.15) is 23.1 Å². The topological polar surface area (TPSA) is 79.6 Å². The number of unbranched alkanes of at least 4 members (excludes halogenated alkanes) is 1. The first-order valence-corrected chi connectivity index (χ1v) is 8.39. The molecule has 0 atom stereocenters.